The number of ether oxygens (including phenoxy) is 3. The van der Waals surface area contributed by atoms with Crippen molar-refractivity contribution in [2.45, 2.75) is 37.8 Å². The van der Waals surface area contributed by atoms with Gasteiger partial charge in [-0.05, 0) is 67.4 Å². The molecule has 3 aromatic rings. The third kappa shape index (κ3) is 7.49. The average Bonchev–Trinajstić information content (AvgIpc) is 3.00. The third-order valence-corrected chi connectivity index (χ3v) is 8.36. The Labute approximate surface area is 246 Å². The van der Waals surface area contributed by atoms with Crippen LogP contribution in [-0.2, 0) is 26.2 Å². The normalized spacial score (nSPS) is 11.8. The summed E-state index contributed by atoms with van der Waals surface area (Å²) in [4.78, 5) is 28.2. The van der Waals surface area contributed by atoms with Crippen molar-refractivity contribution in [2.75, 3.05) is 38.7 Å². The van der Waals surface area contributed by atoms with Gasteiger partial charge in [-0.1, -0.05) is 19.1 Å². The number of sulfonamides is 1. The van der Waals surface area contributed by atoms with Gasteiger partial charge in [0.05, 0.1) is 31.9 Å². The lowest BCUT2D eigenvalue weighted by molar-refractivity contribution is -0.140. The minimum absolute atomic E-state index is 0.0339. The van der Waals surface area contributed by atoms with Crippen LogP contribution in [0, 0.1) is 5.82 Å². The van der Waals surface area contributed by atoms with Crippen molar-refractivity contribution >= 4 is 27.5 Å². The lowest BCUT2D eigenvalue weighted by atomic mass is 10.1. The van der Waals surface area contributed by atoms with E-state index in [1.807, 2.05) is 0 Å². The largest absolute Gasteiger partial charge is 0.497 e. The van der Waals surface area contributed by atoms with Gasteiger partial charge < -0.3 is 24.4 Å². The lowest BCUT2D eigenvalue weighted by Gasteiger charge is -2.33. The fourth-order valence-electron chi connectivity index (χ4n) is 4.38. The van der Waals surface area contributed by atoms with Crippen molar-refractivity contribution < 1.29 is 36.6 Å². The molecular formula is C30H36FN3O7S. The molecule has 0 aliphatic heterocycles. The Hall–Kier alpha value is -4.32. The van der Waals surface area contributed by atoms with Gasteiger partial charge in [0.15, 0.2) is 11.5 Å². The highest BCUT2D eigenvalue weighted by molar-refractivity contribution is 7.92. The van der Waals surface area contributed by atoms with Crippen LogP contribution < -0.4 is 23.8 Å². The Morgan fingerprint density at radius 3 is 2.07 bits per heavy atom. The van der Waals surface area contributed by atoms with Crippen LogP contribution in [-0.4, -0.2) is 65.6 Å². The van der Waals surface area contributed by atoms with Crippen LogP contribution >= 0.6 is 0 Å². The standard InChI is InChI=1S/C30H36FN3O7S/c1-6-26(30(36)32-7-2)33(19-21-8-14-24(39-3)15-9-21)29(35)20-34(23-12-10-22(31)11-13-23)42(37,38)25-16-17-27(40-4)28(18-25)41-5/h8-18,26H,6-7,19-20H2,1-5H3,(H,32,36)/t26-/m1/s1. The molecule has 1 N–H and O–H groups in total. The number of halogens is 1. The monoisotopic (exact) mass is 601 g/mol. The van der Waals surface area contributed by atoms with Gasteiger partial charge >= 0.3 is 0 Å². The number of nitrogens with one attached hydrogen (secondary N) is 1. The van der Waals surface area contributed by atoms with E-state index in [-0.39, 0.29) is 35.2 Å². The summed E-state index contributed by atoms with van der Waals surface area (Å²) >= 11 is 0. The molecule has 0 unspecified atom stereocenters. The second kappa shape index (κ2) is 14.5. The number of benzene rings is 3. The first kappa shape index (κ1) is 32.2. The van der Waals surface area contributed by atoms with Crippen molar-refractivity contribution in [3.63, 3.8) is 0 Å². The molecule has 10 nitrogen and oxygen atoms in total. The van der Waals surface area contributed by atoms with E-state index in [1.54, 1.807) is 38.1 Å². The smallest absolute Gasteiger partial charge is 0.264 e. The summed E-state index contributed by atoms with van der Waals surface area (Å²) < 4.78 is 58.5. The number of amides is 2. The zero-order valence-corrected chi connectivity index (χ0v) is 25.1. The molecule has 0 aromatic heterocycles. The highest BCUT2D eigenvalue weighted by Crippen LogP contribution is 2.32. The first-order valence-electron chi connectivity index (χ1n) is 13.3. The number of carbonyl (C=O) groups excluding carboxylic acids is 2. The number of hydrogen-bond donors (Lipinski definition) is 1. The van der Waals surface area contributed by atoms with Gasteiger partial charge in [0.25, 0.3) is 10.0 Å². The topological polar surface area (TPSA) is 114 Å². The van der Waals surface area contributed by atoms with Crippen LogP contribution in [0.4, 0.5) is 10.1 Å². The molecule has 0 saturated carbocycles. The van der Waals surface area contributed by atoms with Gasteiger partial charge in [-0.2, -0.15) is 0 Å². The predicted octanol–water partition coefficient (Wildman–Crippen LogP) is 3.99. The first-order valence-corrected chi connectivity index (χ1v) is 14.7. The Kier molecular flexibility index (Phi) is 11.1. The van der Waals surface area contributed by atoms with Crippen molar-refractivity contribution in [1.82, 2.24) is 10.2 Å². The number of rotatable bonds is 14. The van der Waals surface area contributed by atoms with Crippen LogP contribution in [0.5, 0.6) is 17.2 Å². The highest BCUT2D eigenvalue weighted by Gasteiger charge is 2.34. The summed E-state index contributed by atoms with van der Waals surface area (Å²) in [5, 5.41) is 2.75. The van der Waals surface area contributed by atoms with E-state index in [0.717, 1.165) is 16.4 Å². The maximum atomic E-state index is 14.0. The Bertz CT molecular complexity index is 1470. The molecule has 2 amide bonds. The third-order valence-electron chi connectivity index (χ3n) is 6.59. The molecule has 0 aliphatic carbocycles. The summed E-state index contributed by atoms with van der Waals surface area (Å²) in [6.07, 6.45) is 0.284. The number of hydrogen-bond acceptors (Lipinski definition) is 7. The summed E-state index contributed by atoms with van der Waals surface area (Å²) in [6, 6.07) is 14.9. The maximum Gasteiger partial charge on any atom is 0.264 e. The second-order valence-corrected chi connectivity index (χ2v) is 11.1. The van der Waals surface area contributed by atoms with Crippen molar-refractivity contribution in [3.8, 4) is 17.2 Å². The average molecular weight is 602 g/mol. The summed E-state index contributed by atoms with van der Waals surface area (Å²) in [7, 11) is -0.0533. The zero-order valence-electron chi connectivity index (χ0n) is 24.3. The molecule has 0 fully saturated rings. The van der Waals surface area contributed by atoms with Gasteiger partial charge in [-0.15, -0.1) is 0 Å². The van der Waals surface area contributed by atoms with Crippen LogP contribution in [0.2, 0.25) is 0 Å². The molecule has 0 radical (unpaired) electrons. The molecule has 3 aromatic carbocycles. The van der Waals surface area contributed by atoms with Crippen LogP contribution in [0.25, 0.3) is 0 Å². The molecule has 0 heterocycles. The molecular weight excluding hydrogens is 565 g/mol. The minimum atomic E-state index is -4.39. The molecule has 0 bridgehead atoms. The molecule has 226 valence electrons. The van der Waals surface area contributed by atoms with Gasteiger partial charge in [-0.3, -0.25) is 13.9 Å². The van der Waals surface area contributed by atoms with Crippen LogP contribution in [0.3, 0.4) is 0 Å². The lowest BCUT2D eigenvalue weighted by Crippen LogP contribution is -2.52. The van der Waals surface area contributed by atoms with Gasteiger partial charge in [-0.25, -0.2) is 12.8 Å². The zero-order chi connectivity index (χ0) is 30.9. The van der Waals surface area contributed by atoms with E-state index >= 15 is 0 Å². The Balaban J connectivity index is 2.08. The minimum Gasteiger partial charge on any atom is -0.497 e. The van der Waals surface area contributed by atoms with E-state index in [0.29, 0.717) is 23.6 Å². The van der Waals surface area contributed by atoms with Crippen molar-refractivity contribution in [3.05, 3.63) is 78.1 Å². The van der Waals surface area contributed by atoms with Gasteiger partial charge in [0.2, 0.25) is 11.8 Å². The number of anilines is 1. The second-order valence-electron chi connectivity index (χ2n) is 9.19. The van der Waals surface area contributed by atoms with Gasteiger partial charge in [0, 0.05) is 19.2 Å². The number of methoxy groups -OCH3 is 3. The highest BCUT2D eigenvalue weighted by atomic mass is 32.2. The quantitative estimate of drug-likeness (QED) is 0.297. The summed E-state index contributed by atoms with van der Waals surface area (Å²) in [5.74, 6) is -0.449. The van der Waals surface area contributed by atoms with E-state index in [2.05, 4.69) is 5.32 Å². The Morgan fingerprint density at radius 2 is 1.52 bits per heavy atom. The molecule has 3 rings (SSSR count). The molecule has 1 atom stereocenters. The fourth-order valence-corrected chi connectivity index (χ4v) is 5.81. The SMILES string of the molecule is CCNC(=O)[C@@H](CC)N(Cc1ccc(OC)cc1)C(=O)CN(c1ccc(F)cc1)S(=O)(=O)c1ccc(OC)c(OC)c1. The Morgan fingerprint density at radius 1 is 0.881 bits per heavy atom. The van der Waals surface area contributed by atoms with E-state index in [9.17, 15) is 22.4 Å². The summed E-state index contributed by atoms with van der Waals surface area (Å²) in [5.41, 5.74) is 0.776. The van der Waals surface area contributed by atoms with Crippen molar-refractivity contribution in [1.29, 1.82) is 0 Å². The van der Waals surface area contributed by atoms with E-state index in [4.69, 9.17) is 14.2 Å². The van der Waals surface area contributed by atoms with Crippen molar-refractivity contribution in [2.24, 2.45) is 0 Å². The van der Waals surface area contributed by atoms with E-state index < -0.39 is 34.3 Å². The van der Waals surface area contributed by atoms with Gasteiger partial charge in [0.1, 0.15) is 24.2 Å². The molecule has 0 aliphatic rings. The first-order chi connectivity index (χ1) is 20.1. The van der Waals surface area contributed by atoms with E-state index in [1.165, 1.54) is 56.6 Å². The number of likely N-dealkylation sites (N-methyl/N-ethyl adjacent to an activating group) is 1. The molecule has 42 heavy (non-hydrogen) atoms. The maximum absolute atomic E-state index is 14.0. The van der Waals surface area contributed by atoms with Crippen LogP contribution in [0.1, 0.15) is 25.8 Å². The number of nitrogens with zero attached hydrogens (tertiary/aromatic N) is 2. The molecule has 0 spiro atoms. The van der Waals surface area contributed by atoms with Crippen LogP contribution in [0.15, 0.2) is 71.6 Å². The molecule has 0 saturated heterocycles. The molecule has 12 heteroatoms. The predicted molar refractivity (Wildman–Crippen MR) is 157 cm³/mol. The summed E-state index contributed by atoms with van der Waals surface area (Å²) in [6.45, 7) is 3.27. The fraction of sp³-hybridized carbons (Fsp3) is 0.333. The number of carbonyl (C=O) groups is 2.